The Morgan fingerprint density at radius 1 is 1.14 bits per heavy atom. The molecule has 144 valence electrons. The highest BCUT2D eigenvalue weighted by atomic mass is 32.1. The van der Waals surface area contributed by atoms with Crippen molar-refractivity contribution in [2.45, 2.75) is 26.7 Å². The van der Waals surface area contributed by atoms with Gasteiger partial charge in [0.1, 0.15) is 5.01 Å². The van der Waals surface area contributed by atoms with Crippen molar-refractivity contribution in [2.24, 2.45) is 0 Å². The van der Waals surface area contributed by atoms with E-state index in [4.69, 9.17) is 4.74 Å². The van der Waals surface area contributed by atoms with Crippen LogP contribution < -0.4 is 5.32 Å². The maximum Gasteiger partial charge on any atom is 0.312 e. The molecule has 0 atom stereocenters. The van der Waals surface area contributed by atoms with Crippen LogP contribution in [0.2, 0.25) is 0 Å². The topological polar surface area (TPSA) is 68.3 Å². The quantitative estimate of drug-likeness (QED) is 0.603. The summed E-state index contributed by atoms with van der Waals surface area (Å²) < 4.78 is 5.07. The number of hydrogen-bond acceptors (Lipinski definition) is 5. The molecule has 0 saturated heterocycles. The number of benzene rings is 2. The lowest BCUT2D eigenvalue weighted by molar-refractivity contribution is -0.146. The highest BCUT2D eigenvalue weighted by molar-refractivity contribution is 7.13. The van der Waals surface area contributed by atoms with Gasteiger partial charge in [-0.25, -0.2) is 4.98 Å². The van der Waals surface area contributed by atoms with Gasteiger partial charge in [0.15, 0.2) is 6.61 Å². The summed E-state index contributed by atoms with van der Waals surface area (Å²) in [5.41, 5.74) is 4.66. The number of thiazole rings is 1. The maximum atomic E-state index is 12.0. The molecule has 3 aromatic rings. The fraction of sp³-hybridized carbons (Fsp3) is 0.227. The van der Waals surface area contributed by atoms with E-state index in [9.17, 15) is 9.59 Å². The number of hydrogen-bond donors (Lipinski definition) is 1. The molecule has 1 aromatic heterocycles. The summed E-state index contributed by atoms with van der Waals surface area (Å²) in [7, 11) is 0. The monoisotopic (exact) mass is 394 g/mol. The number of nitrogens with zero attached hydrogens (tertiary/aromatic N) is 1. The Bertz CT molecular complexity index is 964. The van der Waals surface area contributed by atoms with Crippen molar-refractivity contribution in [3.05, 3.63) is 70.7 Å². The van der Waals surface area contributed by atoms with Gasteiger partial charge in [0.05, 0.1) is 12.1 Å². The molecule has 0 fully saturated rings. The molecular weight excluding hydrogens is 372 g/mol. The lowest BCUT2D eigenvalue weighted by Gasteiger charge is -2.06. The van der Waals surface area contributed by atoms with Crippen LogP contribution in [-0.4, -0.2) is 23.5 Å². The van der Waals surface area contributed by atoms with E-state index in [1.165, 1.54) is 16.9 Å². The molecule has 1 amide bonds. The van der Waals surface area contributed by atoms with E-state index >= 15 is 0 Å². The van der Waals surface area contributed by atoms with Crippen LogP contribution in [0.15, 0.2) is 53.9 Å². The summed E-state index contributed by atoms with van der Waals surface area (Å²) in [6.07, 6.45) is 1.04. The van der Waals surface area contributed by atoms with Crippen LogP contribution in [0.25, 0.3) is 10.6 Å². The molecule has 6 heteroatoms. The number of aromatic nitrogens is 1. The highest BCUT2D eigenvalue weighted by Crippen LogP contribution is 2.24. The van der Waals surface area contributed by atoms with Gasteiger partial charge < -0.3 is 10.1 Å². The van der Waals surface area contributed by atoms with Crippen LogP contribution >= 0.6 is 11.3 Å². The Hall–Kier alpha value is -2.99. The molecule has 0 aliphatic heterocycles. The molecule has 0 radical (unpaired) electrons. The number of nitrogens with one attached hydrogen (secondary N) is 1. The minimum Gasteiger partial charge on any atom is -0.455 e. The third kappa shape index (κ3) is 5.50. The van der Waals surface area contributed by atoms with Gasteiger partial charge >= 0.3 is 5.97 Å². The van der Waals surface area contributed by atoms with Crippen molar-refractivity contribution in [1.29, 1.82) is 0 Å². The smallest absolute Gasteiger partial charge is 0.312 e. The van der Waals surface area contributed by atoms with Gasteiger partial charge in [-0.15, -0.1) is 11.3 Å². The molecule has 3 rings (SSSR count). The number of aryl methyl sites for hydroxylation is 2. The summed E-state index contributed by atoms with van der Waals surface area (Å²) in [6, 6.07) is 15.7. The Morgan fingerprint density at radius 2 is 1.93 bits per heavy atom. The average molecular weight is 394 g/mol. The van der Waals surface area contributed by atoms with Crippen molar-refractivity contribution in [2.75, 3.05) is 11.9 Å². The summed E-state index contributed by atoms with van der Waals surface area (Å²) in [5, 5.41) is 5.42. The molecule has 1 heterocycles. The second kappa shape index (κ2) is 9.28. The van der Waals surface area contributed by atoms with Crippen LogP contribution in [-0.2, 0) is 27.2 Å². The number of carbonyl (C=O) groups is 2. The Balaban J connectivity index is 1.49. The first-order chi connectivity index (χ1) is 13.5. The molecule has 1 N–H and O–H groups in total. The van der Waals surface area contributed by atoms with E-state index in [0.717, 1.165) is 22.6 Å². The van der Waals surface area contributed by atoms with Crippen LogP contribution in [0.1, 0.15) is 23.7 Å². The first kappa shape index (κ1) is 19.8. The maximum absolute atomic E-state index is 12.0. The van der Waals surface area contributed by atoms with Crippen molar-refractivity contribution in [3.8, 4) is 10.6 Å². The third-order valence-electron chi connectivity index (χ3n) is 4.15. The van der Waals surface area contributed by atoms with Crippen LogP contribution in [0.4, 0.5) is 5.69 Å². The SMILES string of the molecule is CCc1ccc(-c2nc(CC(=O)OCC(=O)Nc3cccc(C)c3)cs2)cc1. The fourth-order valence-corrected chi connectivity index (χ4v) is 3.49. The zero-order chi connectivity index (χ0) is 19.9. The third-order valence-corrected chi connectivity index (χ3v) is 5.09. The highest BCUT2D eigenvalue weighted by Gasteiger charge is 2.12. The average Bonchev–Trinajstić information content (AvgIpc) is 3.15. The first-order valence-corrected chi connectivity index (χ1v) is 9.97. The lowest BCUT2D eigenvalue weighted by Crippen LogP contribution is -2.21. The summed E-state index contributed by atoms with van der Waals surface area (Å²) in [4.78, 5) is 28.4. The normalized spacial score (nSPS) is 10.5. The molecule has 0 saturated carbocycles. The Labute approximate surface area is 168 Å². The van der Waals surface area contributed by atoms with E-state index in [1.54, 1.807) is 6.07 Å². The van der Waals surface area contributed by atoms with Crippen molar-refractivity contribution >= 4 is 28.9 Å². The van der Waals surface area contributed by atoms with Crippen molar-refractivity contribution < 1.29 is 14.3 Å². The molecule has 0 unspecified atom stereocenters. The van der Waals surface area contributed by atoms with Crippen LogP contribution in [0.3, 0.4) is 0 Å². The molecule has 0 spiro atoms. The number of carbonyl (C=O) groups excluding carboxylic acids is 2. The predicted molar refractivity (Wildman–Crippen MR) is 111 cm³/mol. The molecule has 0 bridgehead atoms. The summed E-state index contributed by atoms with van der Waals surface area (Å²) >= 11 is 1.49. The minimum absolute atomic E-state index is 0.0429. The van der Waals surface area contributed by atoms with Gasteiger partial charge in [-0.2, -0.15) is 0 Å². The standard InChI is InChI=1S/C22H22N2O3S/c1-3-16-7-9-17(10-8-16)22-24-19(14-28-22)12-21(26)27-13-20(25)23-18-6-4-5-15(2)11-18/h4-11,14H,3,12-13H2,1-2H3,(H,23,25). The molecule has 0 aliphatic rings. The minimum atomic E-state index is -0.474. The molecule has 28 heavy (non-hydrogen) atoms. The molecule has 5 nitrogen and oxygen atoms in total. The van der Waals surface area contributed by atoms with E-state index in [0.29, 0.717) is 11.4 Å². The van der Waals surface area contributed by atoms with Gasteiger partial charge in [-0.3, -0.25) is 9.59 Å². The van der Waals surface area contributed by atoms with E-state index in [-0.39, 0.29) is 18.9 Å². The number of esters is 1. The Morgan fingerprint density at radius 3 is 2.64 bits per heavy atom. The zero-order valence-electron chi connectivity index (χ0n) is 15.9. The summed E-state index contributed by atoms with van der Waals surface area (Å²) in [5.74, 6) is -0.841. The molecule has 2 aromatic carbocycles. The second-order valence-electron chi connectivity index (χ2n) is 6.45. The van der Waals surface area contributed by atoms with E-state index < -0.39 is 5.97 Å². The van der Waals surface area contributed by atoms with Gasteiger partial charge in [-0.05, 0) is 36.6 Å². The van der Waals surface area contributed by atoms with Crippen molar-refractivity contribution in [3.63, 3.8) is 0 Å². The fourth-order valence-electron chi connectivity index (χ4n) is 2.67. The zero-order valence-corrected chi connectivity index (χ0v) is 16.7. The largest absolute Gasteiger partial charge is 0.455 e. The lowest BCUT2D eigenvalue weighted by atomic mass is 10.1. The predicted octanol–water partition coefficient (Wildman–Crippen LogP) is 4.41. The number of amides is 1. The summed E-state index contributed by atoms with van der Waals surface area (Å²) in [6.45, 7) is 3.74. The first-order valence-electron chi connectivity index (χ1n) is 9.09. The van der Waals surface area contributed by atoms with Gasteiger partial charge in [0.25, 0.3) is 5.91 Å². The Kier molecular flexibility index (Phi) is 6.55. The molecular formula is C22H22N2O3S. The van der Waals surface area contributed by atoms with Gasteiger partial charge in [0.2, 0.25) is 0 Å². The number of rotatable bonds is 7. The number of anilines is 1. The van der Waals surface area contributed by atoms with Gasteiger partial charge in [0, 0.05) is 16.6 Å². The molecule has 0 aliphatic carbocycles. The van der Waals surface area contributed by atoms with Crippen LogP contribution in [0.5, 0.6) is 0 Å². The van der Waals surface area contributed by atoms with Crippen LogP contribution in [0, 0.1) is 6.92 Å². The van der Waals surface area contributed by atoms with E-state index in [2.05, 4.69) is 29.4 Å². The second-order valence-corrected chi connectivity index (χ2v) is 7.31. The number of ether oxygens (including phenoxy) is 1. The van der Waals surface area contributed by atoms with Gasteiger partial charge in [-0.1, -0.05) is 43.3 Å². The van der Waals surface area contributed by atoms with E-state index in [1.807, 2.05) is 42.6 Å². The van der Waals surface area contributed by atoms with Crippen molar-refractivity contribution in [1.82, 2.24) is 4.98 Å².